The number of carbonyl (C=O) groups is 3. The van der Waals surface area contributed by atoms with Gasteiger partial charge in [-0.15, -0.1) is 0 Å². The second-order valence-corrected chi connectivity index (χ2v) is 18.3. The Hall–Kier alpha value is -1.87. The van der Waals surface area contributed by atoms with E-state index < -0.39 is 6.16 Å². The Balaban J connectivity index is 4.86. The van der Waals surface area contributed by atoms with Crippen molar-refractivity contribution in [3.8, 4) is 0 Å². The van der Waals surface area contributed by atoms with Crippen LogP contribution in [-0.4, -0.2) is 93.1 Å². The molecule has 0 bridgehead atoms. The lowest BCUT2D eigenvalue weighted by atomic mass is 9.95. The third kappa shape index (κ3) is 40.9. The Bertz CT molecular complexity index is 978. The molecule has 9 nitrogen and oxygen atoms in total. The van der Waals surface area contributed by atoms with Gasteiger partial charge < -0.3 is 23.8 Å². The molecule has 2 atom stereocenters. The van der Waals surface area contributed by atoms with Gasteiger partial charge in [0.2, 0.25) is 0 Å². The second-order valence-electron chi connectivity index (χ2n) is 18.3. The van der Waals surface area contributed by atoms with Crippen LogP contribution < -0.4 is 0 Å². The number of hydrogen-bond donors (Lipinski definition) is 0. The number of esters is 2. The summed E-state index contributed by atoms with van der Waals surface area (Å²) in [6.45, 7) is 19.5. The van der Waals surface area contributed by atoms with Crippen LogP contribution in [0.1, 0.15) is 253 Å². The van der Waals surface area contributed by atoms with Crippen molar-refractivity contribution >= 4 is 18.1 Å². The van der Waals surface area contributed by atoms with Gasteiger partial charge in [-0.3, -0.25) is 14.5 Å². The van der Waals surface area contributed by atoms with Crippen LogP contribution in [0.25, 0.3) is 0 Å². The maximum Gasteiger partial charge on any atom is 0.508 e. The summed E-state index contributed by atoms with van der Waals surface area (Å²) in [7, 11) is 0. The Morgan fingerprint density at radius 3 is 1.29 bits per heavy atom. The molecule has 0 amide bonds. The molecule has 0 spiro atoms. The molecule has 0 aromatic carbocycles. The zero-order valence-electron chi connectivity index (χ0n) is 42.1. The molecule has 368 valence electrons. The van der Waals surface area contributed by atoms with E-state index in [0.717, 1.165) is 103 Å². The van der Waals surface area contributed by atoms with Crippen LogP contribution in [0.5, 0.6) is 0 Å². The summed E-state index contributed by atoms with van der Waals surface area (Å²) >= 11 is 0. The van der Waals surface area contributed by atoms with E-state index in [-0.39, 0.29) is 24.6 Å². The van der Waals surface area contributed by atoms with Gasteiger partial charge in [0.15, 0.2) is 0 Å². The largest absolute Gasteiger partial charge is 0.508 e. The second kappa shape index (κ2) is 47.1. The first-order valence-corrected chi connectivity index (χ1v) is 26.9. The summed E-state index contributed by atoms with van der Waals surface area (Å²) in [5, 5.41) is 0. The van der Waals surface area contributed by atoms with E-state index in [9.17, 15) is 14.4 Å². The first-order valence-electron chi connectivity index (χ1n) is 26.9. The minimum atomic E-state index is -0.619. The maximum absolute atomic E-state index is 13.0. The molecule has 0 N–H and O–H groups in total. The smallest absolute Gasteiger partial charge is 0.465 e. The predicted octanol–water partition coefficient (Wildman–Crippen LogP) is 14.8. The minimum absolute atomic E-state index is 0.0982. The van der Waals surface area contributed by atoms with E-state index in [1.165, 1.54) is 122 Å². The van der Waals surface area contributed by atoms with Gasteiger partial charge in [-0.05, 0) is 89.9 Å². The fourth-order valence-electron chi connectivity index (χ4n) is 8.31. The molecule has 0 aromatic heterocycles. The molecule has 0 rings (SSSR count). The van der Waals surface area contributed by atoms with Gasteiger partial charge in [0.25, 0.3) is 0 Å². The van der Waals surface area contributed by atoms with Crippen LogP contribution >= 0.6 is 0 Å². The molecule has 0 saturated heterocycles. The lowest BCUT2D eigenvalue weighted by molar-refractivity contribution is -0.145. The normalized spacial score (nSPS) is 12.5. The number of rotatable bonds is 48. The van der Waals surface area contributed by atoms with Crippen molar-refractivity contribution < 1.29 is 33.3 Å². The number of ether oxygens (including phenoxy) is 4. The molecule has 9 heteroatoms. The highest BCUT2D eigenvalue weighted by Crippen LogP contribution is 2.21. The van der Waals surface area contributed by atoms with Crippen molar-refractivity contribution in [2.45, 2.75) is 260 Å². The Kier molecular flexibility index (Phi) is 45.7. The molecule has 0 fully saturated rings. The van der Waals surface area contributed by atoms with Crippen molar-refractivity contribution in [1.82, 2.24) is 9.80 Å². The predicted molar refractivity (Wildman–Crippen MR) is 261 cm³/mol. The average molecular weight is 881 g/mol. The van der Waals surface area contributed by atoms with E-state index in [2.05, 4.69) is 51.3 Å². The molecule has 0 saturated carbocycles. The number of unbranched alkanes of at least 4 members (excludes halogenated alkanes) is 21. The van der Waals surface area contributed by atoms with Gasteiger partial charge >= 0.3 is 18.1 Å². The molecular weight excluding hydrogens is 777 g/mol. The summed E-state index contributed by atoms with van der Waals surface area (Å²) in [6, 6.07) is 0. The topological polar surface area (TPSA) is 94.6 Å². The summed E-state index contributed by atoms with van der Waals surface area (Å²) in [4.78, 5) is 42.9. The standard InChI is InChI=1S/C53H104N2O7/c1-7-13-17-21-23-24-25-28-32-40-51(56)59-46-44-55(43-35-42-54(11-5)12-6)45-47-60-53(58)62-50(38-31-20-16-10-4)39-33-34-41-52(57)61-48-49(36-29-26-19-15-9-3)37-30-27-22-18-14-8-2/h49-50H,7-48H2,1-6H3. The zero-order valence-corrected chi connectivity index (χ0v) is 42.1. The number of carbonyl (C=O) groups excluding carboxylic acids is 3. The summed E-state index contributed by atoms with van der Waals surface area (Å²) in [6.07, 6.45) is 36.0. The Labute approximate surface area is 384 Å². The minimum Gasteiger partial charge on any atom is -0.465 e. The summed E-state index contributed by atoms with van der Waals surface area (Å²) < 4.78 is 23.0. The molecule has 0 aromatic rings. The highest BCUT2D eigenvalue weighted by molar-refractivity contribution is 5.69. The van der Waals surface area contributed by atoms with Gasteiger partial charge in [-0.1, -0.05) is 183 Å². The van der Waals surface area contributed by atoms with E-state index in [1.54, 1.807) is 0 Å². The van der Waals surface area contributed by atoms with Crippen LogP contribution in [-0.2, 0) is 28.5 Å². The first kappa shape index (κ1) is 60.1. The van der Waals surface area contributed by atoms with Crippen molar-refractivity contribution in [1.29, 1.82) is 0 Å². The van der Waals surface area contributed by atoms with Gasteiger partial charge in [-0.2, -0.15) is 0 Å². The van der Waals surface area contributed by atoms with Gasteiger partial charge in [0, 0.05) is 25.9 Å². The fraction of sp³-hybridized carbons (Fsp3) is 0.943. The van der Waals surface area contributed by atoms with E-state index in [0.29, 0.717) is 45.1 Å². The van der Waals surface area contributed by atoms with Crippen LogP contribution in [0.15, 0.2) is 0 Å². The van der Waals surface area contributed by atoms with Crippen molar-refractivity contribution in [2.75, 3.05) is 59.1 Å². The summed E-state index contributed by atoms with van der Waals surface area (Å²) in [5.41, 5.74) is 0. The van der Waals surface area contributed by atoms with E-state index >= 15 is 0 Å². The molecule has 2 unspecified atom stereocenters. The number of hydrogen-bond acceptors (Lipinski definition) is 9. The van der Waals surface area contributed by atoms with E-state index in [4.69, 9.17) is 18.9 Å². The van der Waals surface area contributed by atoms with Crippen LogP contribution in [0.2, 0.25) is 0 Å². The summed E-state index contributed by atoms with van der Waals surface area (Å²) in [5.74, 6) is 0.252. The highest BCUT2D eigenvalue weighted by Gasteiger charge is 2.18. The van der Waals surface area contributed by atoms with Gasteiger partial charge in [0.05, 0.1) is 6.61 Å². The Morgan fingerprint density at radius 2 is 0.774 bits per heavy atom. The van der Waals surface area contributed by atoms with Crippen LogP contribution in [0, 0.1) is 5.92 Å². The third-order valence-corrected chi connectivity index (χ3v) is 12.6. The lowest BCUT2D eigenvalue weighted by Gasteiger charge is -2.24. The molecule has 62 heavy (non-hydrogen) atoms. The highest BCUT2D eigenvalue weighted by atomic mass is 16.7. The third-order valence-electron chi connectivity index (χ3n) is 12.6. The average Bonchev–Trinajstić information content (AvgIpc) is 3.27. The van der Waals surface area contributed by atoms with Crippen molar-refractivity contribution in [2.24, 2.45) is 5.92 Å². The van der Waals surface area contributed by atoms with Gasteiger partial charge in [0.1, 0.15) is 19.3 Å². The SMILES string of the molecule is CCCCCCCCCCCC(=O)OCCN(CCCN(CC)CC)CCOC(=O)OC(CCCCCC)CCCCC(=O)OCC(CCCCCCC)CCCCCCCC. The van der Waals surface area contributed by atoms with E-state index in [1.807, 2.05) is 0 Å². The van der Waals surface area contributed by atoms with Crippen molar-refractivity contribution in [3.63, 3.8) is 0 Å². The molecule has 0 heterocycles. The number of nitrogens with zero attached hydrogens (tertiary/aromatic N) is 2. The molecule has 0 aliphatic heterocycles. The Morgan fingerprint density at radius 1 is 0.387 bits per heavy atom. The van der Waals surface area contributed by atoms with Crippen LogP contribution in [0.4, 0.5) is 4.79 Å². The van der Waals surface area contributed by atoms with Gasteiger partial charge in [-0.25, -0.2) is 4.79 Å². The maximum atomic E-state index is 13.0. The molecule has 0 aliphatic carbocycles. The lowest BCUT2D eigenvalue weighted by Crippen LogP contribution is -2.35. The van der Waals surface area contributed by atoms with Crippen molar-refractivity contribution in [3.05, 3.63) is 0 Å². The quantitative estimate of drug-likeness (QED) is 0.0336. The fourth-order valence-corrected chi connectivity index (χ4v) is 8.31. The first-order chi connectivity index (χ1) is 30.3. The van der Waals surface area contributed by atoms with Crippen LogP contribution in [0.3, 0.4) is 0 Å². The molecule has 0 aliphatic rings. The zero-order chi connectivity index (χ0) is 45.6. The molecular formula is C53H104N2O7. The molecule has 0 radical (unpaired) electrons. The monoisotopic (exact) mass is 881 g/mol.